The zero-order chi connectivity index (χ0) is 22.5. The molecule has 0 N–H and O–H groups in total. The van der Waals surface area contributed by atoms with Crippen LogP contribution >= 0.6 is 11.6 Å². The Bertz CT molecular complexity index is 1390. The number of ketones is 1. The number of allylic oxidation sites excluding steroid dienone is 1. The van der Waals surface area contributed by atoms with E-state index >= 15 is 0 Å². The molecule has 3 nitrogen and oxygen atoms in total. The number of carbonyl (C=O) groups is 1. The molecule has 1 heterocycles. The third-order valence-electron chi connectivity index (χ3n) is 6.55. The Balaban J connectivity index is 1.64. The minimum Gasteiger partial charge on any atom is -0.494 e. The van der Waals surface area contributed by atoms with Crippen molar-refractivity contribution >= 4 is 45.3 Å². The average molecular weight is 444 g/mol. The quantitative estimate of drug-likeness (QED) is 0.246. The molecule has 1 aliphatic carbocycles. The number of hydrogen-bond acceptors (Lipinski definition) is 2. The van der Waals surface area contributed by atoms with Crippen molar-refractivity contribution in [2.24, 2.45) is 0 Å². The molecule has 162 valence electrons. The lowest BCUT2D eigenvalue weighted by Gasteiger charge is -2.21. The highest BCUT2D eigenvalue weighted by Crippen LogP contribution is 2.45. The van der Waals surface area contributed by atoms with Gasteiger partial charge in [0.25, 0.3) is 0 Å². The summed E-state index contributed by atoms with van der Waals surface area (Å²) >= 11 is 6.08. The number of nitrogens with zero attached hydrogens (tertiary/aromatic N) is 1. The van der Waals surface area contributed by atoms with Crippen LogP contribution < -0.4 is 4.74 Å². The van der Waals surface area contributed by atoms with Crippen LogP contribution in [0.2, 0.25) is 0 Å². The van der Waals surface area contributed by atoms with Crippen molar-refractivity contribution in [1.82, 2.24) is 4.57 Å². The number of alkyl halides is 1. The van der Waals surface area contributed by atoms with Crippen molar-refractivity contribution in [3.63, 3.8) is 0 Å². The van der Waals surface area contributed by atoms with E-state index in [0.29, 0.717) is 12.5 Å². The average Bonchev–Trinajstić information content (AvgIpc) is 3.19. The topological polar surface area (TPSA) is 31.2 Å². The summed E-state index contributed by atoms with van der Waals surface area (Å²) < 4.78 is 7.95. The number of aromatic nitrogens is 1. The monoisotopic (exact) mass is 443 g/mol. The third-order valence-corrected chi connectivity index (χ3v) is 6.72. The summed E-state index contributed by atoms with van der Waals surface area (Å²) in [6.45, 7) is 7.56. The van der Waals surface area contributed by atoms with Gasteiger partial charge in [0.2, 0.25) is 0 Å². The normalized spacial score (nSPS) is 16.2. The first-order valence-corrected chi connectivity index (χ1v) is 11.6. The predicted octanol–water partition coefficient (Wildman–Crippen LogP) is 6.99. The molecule has 0 saturated heterocycles. The highest BCUT2D eigenvalue weighted by molar-refractivity contribution is 6.18. The van der Waals surface area contributed by atoms with E-state index < -0.39 is 0 Å². The van der Waals surface area contributed by atoms with Gasteiger partial charge in [0.15, 0.2) is 5.78 Å². The van der Waals surface area contributed by atoms with Gasteiger partial charge in [-0.2, -0.15) is 0 Å². The van der Waals surface area contributed by atoms with Crippen LogP contribution in [0.5, 0.6) is 5.75 Å². The molecule has 0 fully saturated rings. The second kappa shape index (κ2) is 7.83. The summed E-state index contributed by atoms with van der Waals surface area (Å²) in [5.41, 5.74) is 5.59. The molecule has 0 radical (unpaired) electrons. The van der Waals surface area contributed by atoms with Crippen LogP contribution in [0.1, 0.15) is 42.3 Å². The van der Waals surface area contributed by atoms with Crippen LogP contribution in [0, 0.1) is 0 Å². The lowest BCUT2D eigenvalue weighted by molar-refractivity contribution is 0.103. The molecule has 4 aromatic rings. The number of halogens is 1. The fourth-order valence-electron chi connectivity index (χ4n) is 4.97. The van der Waals surface area contributed by atoms with E-state index in [2.05, 4.69) is 67.0 Å². The van der Waals surface area contributed by atoms with Crippen molar-refractivity contribution < 1.29 is 9.53 Å². The smallest absolute Gasteiger partial charge is 0.190 e. The summed E-state index contributed by atoms with van der Waals surface area (Å²) in [5.74, 6) is 1.46. The van der Waals surface area contributed by atoms with Crippen LogP contribution in [0.25, 0.3) is 27.9 Å². The molecule has 3 aromatic carbocycles. The molecule has 0 spiro atoms. The highest BCUT2D eigenvalue weighted by atomic mass is 35.5. The van der Waals surface area contributed by atoms with Gasteiger partial charge in [-0.3, -0.25) is 4.79 Å². The van der Waals surface area contributed by atoms with E-state index in [9.17, 15) is 4.79 Å². The van der Waals surface area contributed by atoms with Crippen molar-refractivity contribution in [2.45, 2.75) is 32.7 Å². The first-order valence-electron chi connectivity index (χ1n) is 11.1. The first kappa shape index (κ1) is 20.8. The Labute approximate surface area is 193 Å². The summed E-state index contributed by atoms with van der Waals surface area (Å²) in [4.78, 5) is 13.3. The zero-order valence-corrected chi connectivity index (χ0v) is 19.4. The molecule has 0 unspecified atom stereocenters. The van der Waals surface area contributed by atoms with Crippen molar-refractivity contribution in [1.29, 1.82) is 0 Å². The Morgan fingerprint density at radius 1 is 1.00 bits per heavy atom. The molecule has 32 heavy (non-hydrogen) atoms. The lowest BCUT2D eigenvalue weighted by Crippen LogP contribution is -2.17. The fourth-order valence-corrected chi connectivity index (χ4v) is 5.14. The van der Waals surface area contributed by atoms with Gasteiger partial charge in [-0.05, 0) is 60.5 Å². The van der Waals surface area contributed by atoms with Crippen LogP contribution in [0.15, 0.2) is 66.2 Å². The van der Waals surface area contributed by atoms with E-state index in [1.807, 2.05) is 25.1 Å². The van der Waals surface area contributed by atoms with Gasteiger partial charge >= 0.3 is 0 Å². The minimum absolute atomic E-state index is 0.0951. The molecule has 5 rings (SSSR count). The van der Waals surface area contributed by atoms with Gasteiger partial charge in [0.1, 0.15) is 5.75 Å². The molecule has 0 saturated carbocycles. The Morgan fingerprint density at radius 3 is 2.56 bits per heavy atom. The van der Waals surface area contributed by atoms with E-state index in [1.165, 1.54) is 16.3 Å². The molecule has 0 atom stereocenters. The van der Waals surface area contributed by atoms with Gasteiger partial charge in [-0.1, -0.05) is 38.1 Å². The number of para-hydroxylation sites is 1. The molecular formula is C28H26ClNO2. The van der Waals surface area contributed by atoms with Crippen LogP contribution in [0.4, 0.5) is 0 Å². The SMILES string of the molecule is CCOc1ccc2c(c1)C(C)(C)C(=Cc1ccc3c(c1)c1ccccc1n3CCCl)C2=O. The predicted molar refractivity (Wildman–Crippen MR) is 133 cm³/mol. The minimum atomic E-state index is -0.388. The fraction of sp³-hybridized carbons (Fsp3) is 0.250. The Kier molecular flexibility index (Phi) is 5.10. The molecule has 1 aliphatic rings. The number of benzene rings is 3. The second-order valence-electron chi connectivity index (χ2n) is 8.79. The van der Waals surface area contributed by atoms with Gasteiger partial charge in [-0.15, -0.1) is 11.6 Å². The van der Waals surface area contributed by atoms with E-state index in [4.69, 9.17) is 16.3 Å². The van der Waals surface area contributed by atoms with Crippen molar-refractivity contribution in [3.05, 3.63) is 82.9 Å². The van der Waals surface area contributed by atoms with Gasteiger partial charge in [0.05, 0.1) is 6.61 Å². The van der Waals surface area contributed by atoms with Crippen LogP contribution in [0.3, 0.4) is 0 Å². The number of rotatable bonds is 5. The molecule has 0 amide bonds. The second-order valence-corrected chi connectivity index (χ2v) is 9.16. The summed E-state index contributed by atoms with van der Waals surface area (Å²) in [7, 11) is 0. The lowest BCUT2D eigenvalue weighted by atomic mass is 9.82. The molecule has 4 heteroatoms. The summed E-state index contributed by atoms with van der Waals surface area (Å²) in [5, 5.41) is 2.38. The zero-order valence-electron chi connectivity index (χ0n) is 18.6. The molecular weight excluding hydrogens is 418 g/mol. The maximum atomic E-state index is 13.3. The number of carbonyl (C=O) groups excluding carboxylic acids is 1. The van der Waals surface area contributed by atoms with Crippen LogP contribution in [-0.4, -0.2) is 22.8 Å². The Hall–Kier alpha value is -3.04. The summed E-state index contributed by atoms with van der Waals surface area (Å²) in [6.07, 6.45) is 2.05. The largest absolute Gasteiger partial charge is 0.494 e. The molecule has 1 aromatic heterocycles. The standard InChI is InChI=1S/C28H26ClNO2/c1-4-32-19-10-11-21-23(17-19)28(2,3)24(27(21)31)16-18-9-12-26-22(15-18)20-7-5-6-8-25(20)30(26)14-13-29/h5-12,15-17H,4,13-14H2,1-3H3. The van der Waals surface area contributed by atoms with E-state index in [1.54, 1.807) is 0 Å². The van der Waals surface area contributed by atoms with Crippen molar-refractivity contribution in [3.8, 4) is 5.75 Å². The highest BCUT2D eigenvalue weighted by Gasteiger charge is 2.41. The third kappa shape index (κ3) is 3.15. The van der Waals surface area contributed by atoms with E-state index in [-0.39, 0.29) is 11.2 Å². The number of ether oxygens (including phenoxy) is 1. The molecule has 0 bridgehead atoms. The maximum absolute atomic E-state index is 13.3. The number of hydrogen-bond donors (Lipinski definition) is 0. The maximum Gasteiger partial charge on any atom is 0.190 e. The van der Waals surface area contributed by atoms with E-state index in [0.717, 1.165) is 40.1 Å². The van der Waals surface area contributed by atoms with Gasteiger partial charge < -0.3 is 9.30 Å². The summed E-state index contributed by atoms with van der Waals surface area (Å²) in [6, 6.07) is 20.6. The Morgan fingerprint density at radius 2 is 1.78 bits per heavy atom. The van der Waals surface area contributed by atoms with Crippen LogP contribution in [-0.2, 0) is 12.0 Å². The number of aryl methyl sites for hydroxylation is 1. The van der Waals surface area contributed by atoms with Gasteiger partial charge in [0, 0.05) is 50.8 Å². The number of fused-ring (bicyclic) bond motifs is 4. The molecule has 0 aliphatic heterocycles. The van der Waals surface area contributed by atoms with Gasteiger partial charge in [-0.25, -0.2) is 0 Å². The first-order chi connectivity index (χ1) is 15.5. The number of Topliss-reactive ketones (excluding diaryl/α,β-unsaturated/α-hetero) is 1. The van der Waals surface area contributed by atoms with Crippen molar-refractivity contribution in [2.75, 3.05) is 12.5 Å².